The Morgan fingerprint density at radius 1 is 1.47 bits per heavy atom. The first-order valence-corrected chi connectivity index (χ1v) is 5.55. The van der Waals surface area contributed by atoms with Gasteiger partial charge in [0, 0.05) is 10.7 Å². The highest BCUT2D eigenvalue weighted by Crippen LogP contribution is 2.26. The first-order chi connectivity index (χ1) is 7.16. The van der Waals surface area contributed by atoms with Gasteiger partial charge in [-0.15, -0.1) is 0 Å². The van der Waals surface area contributed by atoms with E-state index in [9.17, 15) is 0 Å². The Hall–Kier alpha value is -1.000. The standard InChI is InChI=1S/C10H9BrClN3/c11-10-7(2-1-3-9(10)12)5-15-6-8(13)4-14-15/h1-4,6H,5,13H2. The van der Waals surface area contributed by atoms with Crippen LogP contribution in [0.1, 0.15) is 5.56 Å². The normalized spacial score (nSPS) is 10.5. The van der Waals surface area contributed by atoms with E-state index in [4.69, 9.17) is 17.3 Å². The maximum Gasteiger partial charge on any atom is 0.0719 e. The van der Waals surface area contributed by atoms with E-state index in [1.165, 1.54) is 0 Å². The molecule has 0 aliphatic heterocycles. The van der Waals surface area contributed by atoms with E-state index in [1.54, 1.807) is 17.1 Å². The van der Waals surface area contributed by atoms with E-state index in [0.717, 1.165) is 10.0 Å². The molecule has 0 aliphatic carbocycles. The maximum absolute atomic E-state index is 5.98. The Kier molecular flexibility index (Phi) is 2.98. The van der Waals surface area contributed by atoms with Crippen LogP contribution in [0.4, 0.5) is 5.69 Å². The Bertz CT molecular complexity index is 481. The molecule has 1 aromatic heterocycles. The van der Waals surface area contributed by atoms with Crippen molar-refractivity contribution >= 4 is 33.2 Å². The average Bonchev–Trinajstić information content (AvgIpc) is 2.59. The van der Waals surface area contributed by atoms with Crippen LogP contribution in [0.2, 0.25) is 5.02 Å². The lowest BCUT2D eigenvalue weighted by Gasteiger charge is -2.05. The van der Waals surface area contributed by atoms with Gasteiger partial charge < -0.3 is 5.73 Å². The molecular formula is C10H9BrClN3. The highest BCUT2D eigenvalue weighted by Gasteiger charge is 2.04. The number of halogens is 2. The highest BCUT2D eigenvalue weighted by molar-refractivity contribution is 9.10. The molecule has 2 aromatic rings. The second-order valence-electron chi connectivity index (χ2n) is 3.18. The first-order valence-electron chi connectivity index (χ1n) is 4.37. The van der Waals surface area contributed by atoms with Gasteiger partial charge in [0.1, 0.15) is 0 Å². The third kappa shape index (κ3) is 2.33. The van der Waals surface area contributed by atoms with E-state index in [1.807, 2.05) is 18.2 Å². The zero-order valence-corrected chi connectivity index (χ0v) is 10.2. The summed E-state index contributed by atoms with van der Waals surface area (Å²) in [5.74, 6) is 0. The van der Waals surface area contributed by atoms with Crippen molar-refractivity contribution in [2.75, 3.05) is 5.73 Å². The Morgan fingerprint density at radius 3 is 2.93 bits per heavy atom. The van der Waals surface area contributed by atoms with E-state index < -0.39 is 0 Å². The molecule has 2 rings (SSSR count). The second-order valence-corrected chi connectivity index (χ2v) is 4.38. The molecular weight excluding hydrogens is 277 g/mol. The number of nitrogens with zero attached hydrogens (tertiary/aromatic N) is 2. The summed E-state index contributed by atoms with van der Waals surface area (Å²) in [4.78, 5) is 0. The van der Waals surface area contributed by atoms with Crippen LogP contribution in [-0.2, 0) is 6.54 Å². The number of anilines is 1. The first kappa shape index (κ1) is 10.5. The zero-order valence-electron chi connectivity index (χ0n) is 7.82. The second kappa shape index (κ2) is 4.24. The molecule has 15 heavy (non-hydrogen) atoms. The van der Waals surface area contributed by atoms with Crippen molar-refractivity contribution in [3.63, 3.8) is 0 Å². The molecule has 0 radical (unpaired) electrons. The van der Waals surface area contributed by atoms with Crippen LogP contribution in [0.25, 0.3) is 0 Å². The van der Waals surface area contributed by atoms with Gasteiger partial charge >= 0.3 is 0 Å². The third-order valence-electron chi connectivity index (χ3n) is 2.02. The van der Waals surface area contributed by atoms with Crippen molar-refractivity contribution in [2.24, 2.45) is 0 Å². The quantitative estimate of drug-likeness (QED) is 0.922. The molecule has 0 fully saturated rings. The smallest absolute Gasteiger partial charge is 0.0719 e. The Labute approximate surface area is 101 Å². The summed E-state index contributed by atoms with van der Waals surface area (Å²) in [6.07, 6.45) is 3.41. The molecule has 0 atom stereocenters. The molecule has 2 N–H and O–H groups in total. The number of hydrogen-bond donors (Lipinski definition) is 1. The molecule has 0 unspecified atom stereocenters. The number of rotatable bonds is 2. The summed E-state index contributed by atoms with van der Waals surface area (Å²) < 4.78 is 2.67. The molecule has 0 bridgehead atoms. The van der Waals surface area contributed by atoms with Crippen molar-refractivity contribution in [1.82, 2.24) is 9.78 Å². The predicted octanol–water partition coefficient (Wildman–Crippen LogP) is 2.93. The summed E-state index contributed by atoms with van der Waals surface area (Å²) in [5.41, 5.74) is 7.31. The summed E-state index contributed by atoms with van der Waals surface area (Å²) >= 11 is 9.42. The van der Waals surface area contributed by atoms with E-state index in [-0.39, 0.29) is 0 Å². The summed E-state index contributed by atoms with van der Waals surface area (Å²) in [7, 11) is 0. The van der Waals surface area contributed by atoms with Crippen LogP contribution in [0.3, 0.4) is 0 Å². The number of nitrogens with two attached hydrogens (primary N) is 1. The van der Waals surface area contributed by atoms with Crippen LogP contribution in [0.15, 0.2) is 35.1 Å². The van der Waals surface area contributed by atoms with Gasteiger partial charge in [-0.1, -0.05) is 23.7 Å². The molecule has 0 saturated carbocycles. The summed E-state index contributed by atoms with van der Waals surface area (Å²) in [6.45, 7) is 0.651. The number of benzene rings is 1. The van der Waals surface area contributed by atoms with Crippen molar-refractivity contribution in [2.45, 2.75) is 6.54 Å². The van der Waals surface area contributed by atoms with E-state index in [0.29, 0.717) is 17.3 Å². The van der Waals surface area contributed by atoms with Gasteiger partial charge in [0.15, 0.2) is 0 Å². The van der Waals surface area contributed by atoms with Crippen LogP contribution in [0, 0.1) is 0 Å². The number of nitrogen functional groups attached to an aromatic ring is 1. The van der Waals surface area contributed by atoms with Crippen LogP contribution < -0.4 is 5.73 Å². The van der Waals surface area contributed by atoms with Gasteiger partial charge in [-0.3, -0.25) is 4.68 Å². The fourth-order valence-electron chi connectivity index (χ4n) is 1.31. The largest absolute Gasteiger partial charge is 0.396 e. The average molecular weight is 287 g/mol. The molecule has 3 nitrogen and oxygen atoms in total. The summed E-state index contributed by atoms with van der Waals surface area (Å²) in [5, 5.41) is 4.81. The Morgan fingerprint density at radius 2 is 2.27 bits per heavy atom. The van der Waals surface area contributed by atoms with Gasteiger partial charge in [-0.25, -0.2) is 0 Å². The fraction of sp³-hybridized carbons (Fsp3) is 0.100. The molecule has 0 spiro atoms. The lowest BCUT2D eigenvalue weighted by atomic mass is 10.2. The molecule has 78 valence electrons. The maximum atomic E-state index is 5.98. The molecule has 1 aromatic carbocycles. The zero-order chi connectivity index (χ0) is 10.8. The highest BCUT2D eigenvalue weighted by atomic mass is 79.9. The van der Waals surface area contributed by atoms with Crippen molar-refractivity contribution in [1.29, 1.82) is 0 Å². The van der Waals surface area contributed by atoms with Crippen LogP contribution in [0.5, 0.6) is 0 Å². The molecule has 1 heterocycles. The van der Waals surface area contributed by atoms with Crippen LogP contribution >= 0.6 is 27.5 Å². The molecule has 0 amide bonds. The minimum absolute atomic E-state index is 0.651. The minimum atomic E-state index is 0.651. The topological polar surface area (TPSA) is 43.8 Å². The van der Waals surface area contributed by atoms with E-state index in [2.05, 4.69) is 21.0 Å². The third-order valence-corrected chi connectivity index (χ3v) is 3.50. The Balaban J connectivity index is 2.28. The van der Waals surface area contributed by atoms with Gasteiger partial charge in [-0.2, -0.15) is 5.10 Å². The van der Waals surface area contributed by atoms with Crippen molar-refractivity contribution < 1.29 is 0 Å². The van der Waals surface area contributed by atoms with Gasteiger partial charge in [-0.05, 0) is 27.6 Å². The van der Waals surface area contributed by atoms with Crippen molar-refractivity contribution in [3.8, 4) is 0 Å². The van der Waals surface area contributed by atoms with Crippen molar-refractivity contribution in [3.05, 3.63) is 45.7 Å². The number of aromatic nitrogens is 2. The van der Waals surface area contributed by atoms with Gasteiger partial charge in [0.25, 0.3) is 0 Å². The van der Waals surface area contributed by atoms with Gasteiger partial charge in [0.2, 0.25) is 0 Å². The predicted molar refractivity (Wildman–Crippen MR) is 64.9 cm³/mol. The van der Waals surface area contributed by atoms with Gasteiger partial charge in [0.05, 0.1) is 23.5 Å². The minimum Gasteiger partial charge on any atom is -0.396 e. The fourth-order valence-corrected chi connectivity index (χ4v) is 1.89. The lowest BCUT2D eigenvalue weighted by Crippen LogP contribution is -2.00. The lowest BCUT2D eigenvalue weighted by molar-refractivity contribution is 0.685. The number of hydrogen-bond acceptors (Lipinski definition) is 2. The molecule has 0 saturated heterocycles. The molecule has 0 aliphatic rings. The van der Waals surface area contributed by atoms with E-state index >= 15 is 0 Å². The monoisotopic (exact) mass is 285 g/mol. The van der Waals surface area contributed by atoms with Crippen LogP contribution in [-0.4, -0.2) is 9.78 Å². The molecule has 5 heteroatoms. The summed E-state index contributed by atoms with van der Waals surface area (Å²) in [6, 6.07) is 5.75. The SMILES string of the molecule is Nc1cnn(Cc2cccc(Cl)c2Br)c1.